The second kappa shape index (κ2) is 5.97. The molecule has 1 aliphatic heterocycles. The van der Waals surface area contributed by atoms with Gasteiger partial charge in [-0.2, -0.15) is 5.10 Å². The van der Waals surface area contributed by atoms with Gasteiger partial charge in [-0.05, 0) is 35.9 Å². The zero-order valence-corrected chi connectivity index (χ0v) is 12.5. The maximum Gasteiger partial charge on any atom is 0.271 e. The third-order valence-corrected chi connectivity index (χ3v) is 3.41. The standard InChI is InChI=1S/C15H11BrN2O3/c16-12-4-1-10(2-5-12)8-17-18-15(19)11-3-6-13-14(7-11)21-9-20-13/h1-8H,9H2,(H,18,19)/b17-8-. The van der Waals surface area contributed by atoms with Crippen molar-refractivity contribution in [2.45, 2.75) is 0 Å². The summed E-state index contributed by atoms with van der Waals surface area (Å²) in [6, 6.07) is 12.6. The molecule has 5 nitrogen and oxygen atoms in total. The number of carbonyl (C=O) groups excluding carboxylic acids is 1. The lowest BCUT2D eigenvalue weighted by atomic mass is 10.2. The van der Waals surface area contributed by atoms with Crippen LogP contribution >= 0.6 is 15.9 Å². The Hall–Kier alpha value is -2.34. The molecule has 0 fully saturated rings. The van der Waals surface area contributed by atoms with Gasteiger partial charge in [-0.25, -0.2) is 5.43 Å². The summed E-state index contributed by atoms with van der Waals surface area (Å²) in [7, 11) is 0. The molecular formula is C15H11BrN2O3. The van der Waals surface area contributed by atoms with Crippen LogP contribution in [0.4, 0.5) is 0 Å². The Labute approximate surface area is 129 Å². The Bertz CT molecular complexity index is 699. The molecule has 0 aliphatic carbocycles. The Morgan fingerprint density at radius 3 is 2.71 bits per heavy atom. The number of fused-ring (bicyclic) bond motifs is 1. The molecule has 0 saturated heterocycles. The van der Waals surface area contributed by atoms with Crippen LogP contribution in [0, 0.1) is 0 Å². The normalized spacial score (nSPS) is 12.6. The van der Waals surface area contributed by atoms with E-state index in [2.05, 4.69) is 26.5 Å². The molecular weight excluding hydrogens is 336 g/mol. The van der Waals surface area contributed by atoms with Crippen LogP contribution in [-0.4, -0.2) is 18.9 Å². The van der Waals surface area contributed by atoms with Gasteiger partial charge in [0.1, 0.15) is 0 Å². The summed E-state index contributed by atoms with van der Waals surface area (Å²) in [6.45, 7) is 0.183. The molecule has 1 heterocycles. The van der Waals surface area contributed by atoms with E-state index in [0.29, 0.717) is 17.1 Å². The largest absolute Gasteiger partial charge is 0.454 e. The predicted octanol–water partition coefficient (Wildman–Crippen LogP) is 2.94. The van der Waals surface area contributed by atoms with E-state index >= 15 is 0 Å². The van der Waals surface area contributed by atoms with Crippen LogP contribution in [0.25, 0.3) is 0 Å². The highest BCUT2D eigenvalue weighted by molar-refractivity contribution is 9.10. The minimum Gasteiger partial charge on any atom is -0.454 e. The van der Waals surface area contributed by atoms with Crippen molar-refractivity contribution in [3.05, 3.63) is 58.1 Å². The summed E-state index contributed by atoms with van der Waals surface area (Å²) in [5.41, 5.74) is 3.83. The van der Waals surface area contributed by atoms with Crippen LogP contribution in [-0.2, 0) is 0 Å². The minimum atomic E-state index is -0.304. The van der Waals surface area contributed by atoms with Crippen molar-refractivity contribution in [2.75, 3.05) is 6.79 Å². The van der Waals surface area contributed by atoms with Gasteiger partial charge in [-0.3, -0.25) is 4.79 Å². The maximum atomic E-state index is 12.0. The Balaban J connectivity index is 1.65. The number of hydrazone groups is 1. The van der Waals surface area contributed by atoms with Crippen LogP contribution in [0.3, 0.4) is 0 Å². The van der Waals surface area contributed by atoms with Crippen LogP contribution in [0.15, 0.2) is 52.0 Å². The minimum absolute atomic E-state index is 0.183. The fourth-order valence-corrected chi connectivity index (χ4v) is 2.08. The average molecular weight is 347 g/mol. The molecule has 6 heteroatoms. The maximum absolute atomic E-state index is 12.0. The molecule has 0 spiro atoms. The second-order valence-corrected chi connectivity index (χ2v) is 5.23. The van der Waals surface area contributed by atoms with Gasteiger partial charge in [-0.15, -0.1) is 0 Å². The fraction of sp³-hybridized carbons (Fsp3) is 0.0667. The third kappa shape index (κ3) is 3.22. The van der Waals surface area contributed by atoms with Crippen LogP contribution in [0.5, 0.6) is 11.5 Å². The number of hydrogen-bond acceptors (Lipinski definition) is 4. The molecule has 0 atom stereocenters. The van der Waals surface area contributed by atoms with Crippen molar-refractivity contribution < 1.29 is 14.3 Å². The first-order valence-electron chi connectivity index (χ1n) is 6.21. The lowest BCUT2D eigenvalue weighted by Gasteiger charge is -2.01. The van der Waals surface area contributed by atoms with E-state index in [0.717, 1.165) is 10.0 Å². The number of rotatable bonds is 3. The van der Waals surface area contributed by atoms with Gasteiger partial charge >= 0.3 is 0 Å². The molecule has 0 aromatic heterocycles. The fourth-order valence-electron chi connectivity index (χ4n) is 1.82. The molecule has 2 aromatic rings. The number of carbonyl (C=O) groups is 1. The van der Waals surface area contributed by atoms with Crippen LogP contribution in [0.2, 0.25) is 0 Å². The van der Waals surface area contributed by atoms with Crippen molar-refractivity contribution in [2.24, 2.45) is 5.10 Å². The number of nitrogens with zero attached hydrogens (tertiary/aromatic N) is 1. The van der Waals surface area contributed by atoms with Gasteiger partial charge in [0.05, 0.1) is 6.21 Å². The first-order chi connectivity index (χ1) is 10.2. The van der Waals surface area contributed by atoms with Gasteiger partial charge in [-0.1, -0.05) is 28.1 Å². The van der Waals surface area contributed by atoms with Crippen LogP contribution < -0.4 is 14.9 Å². The summed E-state index contributed by atoms with van der Waals surface area (Å²) < 4.78 is 11.4. The zero-order valence-electron chi connectivity index (χ0n) is 10.9. The SMILES string of the molecule is O=C(N/N=C\c1ccc(Br)cc1)c1ccc2c(c1)OCO2. The zero-order chi connectivity index (χ0) is 14.7. The van der Waals surface area contributed by atoms with Crippen LogP contribution in [0.1, 0.15) is 15.9 Å². The molecule has 1 aliphatic rings. The molecule has 1 amide bonds. The van der Waals surface area contributed by atoms with E-state index in [9.17, 15) is 4.79 Å². The topological polar surface area (TPSA) is 59.9 Å². The monoisotopic (exact) mass is 346 g/mol. The molecule has 21 heavy (non-hydrogen) atoms. The number of hydrogen-bond donors (Lipinski definition) is 1. The van der Waals surface area contributed by atoms with Crippen molar-refractivity contribution >= 4 is 28.1 Å². The summed E-state index contributed by atoms with van der Waals surface area (Å²) in [6.07, 6.45) is 1.58. The average Bonchev–Trinajstić information content (AvgIpc) is 2.96. The molecule has 1 N–H and O–H groups in total. The Morgan fingerprint density at radius 2 is 1.90 bits per heavy atom. The number of amides is 1. The molecule has 0 bridgehead atoms. The van der Waals surface area contributed by atoms with Gasteiger partial charge in [0.25, 0.3) is 5.91 Å². The third-order valence-electron chi connectivity index (χ3n) is 2.88. The van der Waals surface area contributed by atoms with Crippen molar-refractivity contribution in [1.29, 1.82) is 0 Å². The van der Waals surface area contributed by atoms with Crippen molar-refractivity contribution in [1.82, 2.24) is 5.43 Å². The van der Waals surface area contributed by atoms with Gasteiger partial charge in [0.15, 0.2) is 11.5 Å². The highest BCUT2D eigenvalue weighted by Gasteiger charge is 2.15. The first-order valence-corrected chi connectivity index (χ1v) is 7.00. The molecule has 106 valence electrons. The van der Waals surface area contributed by atoms with E-state index in [1.165, 1.54) is 0 Å². The van der Waals surface area contributed by atoms with Gasteiger partial charge in [0, 0.05) is 10.0 Å². The molecule has 0 saturated carbocycles. The molecule has 2 aromatic carbocycles. The van der Waals surface area contributed by atoms with Crippen molar-refractivity contribution in [3.8, 4) is 11.5 Å². The molecule has 3 rings (SSSR count). The van der Waals surface area contributed by atoms with E-state index < -0.39 is 0 Å². The molecule has 0 unspecified atom stereocenters. The highest BCUT2D eigenvalue weighted by Crippen LogP contribution is 2.32. The summed E-state index contributed by atoms with van der Waals surface area (Å²) in [5.74, 6) is 0.908. The van der Waals surface area contributed by atoms with E-state index in [1.807, 2.05) is 24.3 Å². The number of halogens is 1. The highest BCUT2D eigenvalue weighted by atomic mass is 79.9. The van der Waals surface area contributed by atoms with E-state index in [4.69, 9.17) is 9.47 Å². The summed E-state index contributed by atoms with van der Waals surface area (Å²) in [4.78, 5) is 12.0. The number of nitrogens with one attached hydrogen (secondary N) is 1. The number of benzene rings is 2. The summed E-state index contributed by atoms with van der Waals surface area (Å²) >= 11 is 3.36. The Kier molecular flexibility index (Phi) is 3.87. The number of ether oxygens (including phenoxy) is 2. The second-order valence-electron chi connectivity index (χ2n) is 4.32. The summed E-state index contributed by atoms with van der Waals surface area (Å²) in [5, 5.41) is 3.93. The first kappa shape index (κ1) is 13.6. The van der Waals surface area contributed by atoms with Crippen molar-refractivity contribution in [3.63, 3.8) is 0 Å². The van der Waals surface area contributed by atoms with Gasteiger partial charge < -0.3 is 9.47 Å². The van der Waals surface area contributed by atoms with E-state index in [-0.39, 0.29) is 12.7 Å². The smallest absolute Gasteiger partial charge is 0.271 e. The lowest BCUT2D eigenvalue weighted by molar-refractivity contribution is 0.0954. The molecule has 0 radical (unpaired) electrons. The predicted molar refractivity (Wildman–Crippen MR) is 81.8 cm³/mol. The Morgan fingerprint density at radius 1 is 1.14 bits per heavy atom. The van der Waals surface area contributed by atoms with Gasteiger partial charge in [0.2, 0.25) is 6.79 Å². The van der Waals surface area contributed by atoms with E-state index in [1.54, 1.807) is 24.4 Å². The lowest BCUT2D eigenvalue weighted by Crippen LogP contribution is -2.17. The quantitative estimate of drug-likeness (QED) is 0.686.